The first-order valence-corrected chi connectivity index (χ1v) is 12.6. The number of ether oxygens (including phenoxy) is 1. The third-order valence-electron chi connectivity index (χ3n) is 7.88. The molecule has 2 fully saturated rings. The van der Waals surface area contributed by atoms with Gasteiger partial charge in [-0.15, -0.1) is 0 Å². The van der Waals surface area contributed by atoms with Crippen molar-refractivity contribution < 1.29 is 13.9 Å². The van der Waals surface area contributed by atoms with Crippen molar-refractivity contribution in [2.45, 2.75) is 45.4 Å². The van der Waals surface area contributed by atoms with Gasteiger partial charge in [0, 0.05) is 58.1 Å². The smallest absolute Gasteiger partial charge is 0.251 e. The first-order chi connectivity index (χ1) is 17.4. The van der Waals surface area contributed by atoms with Crippen LogP contribution in [0, 0.1) is 13.8 Å². The van der Waals surface area contributed by atoms with Crippen LogP contribution in [0.5, 0.6) is 0 Å². The van der Waals surface area contributed by atoms with E-state index in [4.69, 9.17) is 14.9 Å². The van der Waals surface area contributed by atoms with E-state index in [1.807, 2.05) is 38.1 Å². The first kappa shape index (κ1) is 21.4. The number of aromatic nitrogens is 1. The highest BCUT2D eigenvalue weighted by molar-refractivity contribution is 6.26. The quantitative estimate of drug-likeness (QED) is 0.349. The average molecular weight is 481 g/mol. The van der Waals surface area contributed by atoms with E-state index >= 15 is 0 Å². The fourth-order valence-corrected chi connectivity index (χ4v) is 6.05. The minimum atomic E-state index is -0.125. The van der Waals surface area contributed by atoms with E-state index in [1.54, 1.807) is 0 Å². The Bertz CT molecular complexity index is 1620. The van der Waals surface area contributed by atoms with Crippen LogP contribution in [0.4, 0.5) is 11.5 Å². The van der Waals surface area contributed by atoms with Crippen LogP contribution in [0.15, 0.2) is 46.9 Å². The van der Waals surface area contributed by atoms with E-state index in [-0.39, 0.29) is 5.91 Å². The van der Waals surface area contributed by atoms with Gasteiger partial charge in [-0.05, 0) is 80.3 Å². The second kappa shape index (κ2) is 7.83. The van der Waals surface area contributed by atoms with Gasteiger partial charge in [-0.3, -0.25) is 4.79 Å². The molecule has 2 aliphatic heterocycles. The molecule has 0 radical (unpaired) electrons. The molecule has 1 amide bonds. The molecule has 7 nitrogen and oxygen atoms in total. The fraction of sp³-hybridized carbons (Fsp3) is 0.310. The van der Waals surface area contributed by atoms with Crippen LogP contribution in [-0.2, 0) is 11.3 Å². The maximum Gasteiger partial charge on any atom is 0.251 e. The van der Waals surface area contributed by atoms with Crippen molar-refractivity contribution in [3.8, 4) is 0 Å². The summed E-state index contributed by atoms with van der Waals surface area (Å²) in [5, 5.41) is 7.29. The number of carbonyl (C=O) groups excluding carboxylic acids is 1. The summed E-state index contributed by atoms with van der Waals surface area (Å²) in [6, 6.07) is 14.2. The van der Waals surface area contributed by atoms with E-state index in [2.05, 4.69) is 33.4 Å². The summed E-state index contributed by atoms with van der Waals surface area (Å²) in [4.78, 5) is 19.8. The van der Waals surface area contributed by atoms with Gasteiger partial charge in [0.2, 0.25) is 0 Å². The number of rotatable bonds is 4. The number of benzene rings is 3. The Morgan fingerprint density at radius 3 is 2.44 bits per heavy atom. The fourth-order valence-electron chi connectivity index (χ4n) is 6.05. The van der Waals surface area contributed by atoms with Crippen LogP contribution in [0.3, 0.4) is 0 Å². The highest BCUT2D eigenvalue weighted by Gasteiger charge is 2.34. The molecule has 182 valence electrons. The molecule has 4 bridgehead atoms. The molecule has 3 aromatic heterocycles. The number of nitrogens with zero attached hydrogens (tertiary/aromatic N) is 2. The lowest BCUT2D eigenvalue weighted by Crippen LogP contribution is -2.42. The van der Waals surface area contributed by atoms with Gasteiger partial charge in [-0.2, -0.15) is 0 Å². The maximum atomic E-state index is 13.1. The van der Waals surface area contributed by atoms with Gasteiger partial charge < -0.3 is 25.1 Å². The molecule has 36 heavy (non-hydrogen) atoms. The third kappa shape index (κ3) is 3.30. The summed E-state index contributed by atoms with van der Waals surface area (Å²) in [5.74, 6) is 0.368. The van der Waals surface area contributed by atoms with Crippen LogP contribution in [0.25, 0.3) is 32.7 Å². The maximum absolute atomic E-state index is 13.1. The highest BCUT2D eigenvalue weighted by atomic mass is 16.5. The Kier molecular flexibility index (Phi) is 4.66. The largest absolute Gasteiger partial charge is 0.455 e. The molecule has 7 heteroatoms. The summed E-state index contributed by atoms with van der Waals surface area (Å²) in [7, 11) is 0. The van der Waals surface area contributed by atoms with Gasteiger partial charge in [0.1, 0.15) is 17.0 Å². The van der Waals surface area contributed by atoms with Crippen LogP contribution in [0.2, 0.25) is 0 Å². The zero-order valence-corrected chi connectivity index (χ0v) is 20.4. The molecular weight excluding hydrogens is 452 g/mol. The van der Waals surface area contributed by atoms with Gasteiger partial charge in [0.05, 0.1) is 12.2 Å². The van der Waals surface area contributed by atoms with Crippen molar-refractivity contribution in [1.82, 2.24) is 10.3 Å². The van der Waals surface area contributed by atoms with E-state index in [9.17, 15) is 4.79 Å². The van der Waals surface area contributed by atoms with Gasteiger partial charge in [0.15, 0.2) is 0 Å². The highest BCUT2D eigenvalue weighted by Crippen LogP contribution is 2.42. The summed E-state index contributed by atoms with van der Waals surface area (Å²) in [6.45, 7) is 6.17. The minimum Gasteiger partial charge on any atom is -0.455 e. The lowest BCUT2D eigenvalue weighted by Gasteiger charge is -2.33. The number of furan rings is 2. The molecule has 2 aromatic carbocycles. The number of anilines is 2. The number of nitrogens with one attached hydrogen (secondary N) is 1. The third-order valence-corrected chi connectivity index (χ3v) is 7.88. The number of hydrogen-bond donors (Lipinski definition) is 2. The first-order valence-electron chi connectivity index (χ1n) is 12.6. The molecule has 0 aliphatic carbocycles. The zero-order chi connectivity index (χ0) is 24.6. The van der Waals surface area contributed by atoms with Gasteiger partial charge >= 0.3 is 0 Å². The van der Waals surface area contributed by atoms with Gasteiger partial charge in [-0.1, -0.05) is 0 Å². The van der Waals surface area contributed by atoms with E-state index in [0.717, 1.165) is 75.5 Å². The van der Waals surface area contributed by atoms with Crippen LogP contribution >= 0.6 is 0 Å². The number of morpholine rings is 1. The Hall–Kier alpha value is -3.84. The molecule has 3 N–H and O–H groups in total. The summed E-state index contributed by atoms with van der Waals surface area (Å²) in [5.41, 5.74) is 12.2. The molecule has 0 spiro atoms. The average Bonchev–Trinajstić information content (AvgIpc) is 3.54. The molecule has 0 saturated carbocycles. The molecule has 7 rings (SSSR count). The van der Waals surface area contributed by atoms with Crippen LogP contribution in [0.1, 0.15) is 40.0 Å². The SMILES string of the molecule is Cc1cc(N)nc(C)c1CNC(=O)c1ccc2c(c1)c1oc2c2ccc(N3CC4CCC(C3)O4)cc21. The van der Waals surface area contributed by atoms with E-state index in [0.29, 0.717) is 30.1 Å². The number of pyridine rings is 1. The Labute approximate surface area is 208 Å². The number of nitrogens with two attached hydrogens (primary N) is 1. The lowest BCUT2D eigenvalue weighted by atomic mass is 10.0. The Morgan fingerprint density at radius 2 is 1.69 bits per heavy atom. The molecular formula is C29H28N4O3. The van der Waals surface area contributed by atoms with Crippen molar-refractivity contribution in [2.75, 3.05) is 23.7 Å². The normalized spacial score (nSPS) is 19.7. The molecule has 5 heterocycles. The number of amides is 1. The van der Waals surface area contributed by atoms with E-state index < -0.39 is 0 Å². The van der Waals surface area contributed by atoms with Crippen molar-refractivity contribution in [1.29, 1.82) is 0 Å². The molecule has 2 unspecified atom stereocenters. The topological polar surface area (TPSA) is 93.6 Å². The van der Waals surface area contributed by atoms with Crippen LogP contribution in [-0.4, -0.2) is 36.2 Å². The molecule has 2 atom stereocenters. The number of carbonyl (C=O) groups is 1. The monoisotopic (exact) mass is 480 g/mol. The van der Waals surface area contributed by atoms with Crippen LogP contribution < -0.4 is 16.0 Å². The van der Waals surface area contributed by atoms with Gasteiger partial charge in [-0.25, -0.2) is 4.98 Å². The van der Waals surface area contributed by atoms with Crippen molar-refractivity contribution in [3.63, 3.8) is 0 Å². The Morgan fingerprint density at radius 1 is 1.00 bits per heavy atom. The summed E-state index contributed by atoms with van der Waals surface area (Å²) >= 11 is 0. The predicted molar refractivity (Wildman–Crippen MR) is 142 cm³/mol. The summed E-state index contributed by atoms with van der Waals surface area (Å²) in [6.07, 6.45) is 2.98. The molecule has 5 aromatic rings. The lowest BCUT2D eigenvalue weighted by molar-refractivity contribution is 0.0305. The number of nitrogen functional groups attached to an aromatic ring is 1. The molecule has 2 aliphatic rings. The number of aryl methyl sites for hydroxylation is 2. The zero-order valence-electron chi connectivity index (χ0n) is 20.4. The number of fused-ring (bicyclic) bond motifs is 10. The minimum absolute atomic E-state index is 0.125. The van der Waals surface area contributed by atoms with Crippen molar-refractivity contribution >= 4 is 50.1 Å². The summed E-state index contributed by atoms with van der Waals surface area (Å²) < 4.78 is 12.3. The Balaban J connectivity index is 1.20. The second-order valence-corrected chi connectivity index (χ2v) is 10.2. The standard InChI is InChI=1S/C29H28N4O3/c1-15-9-26(30)32-16(2)25(15)12-31-29(34)17-3-7-21-23(10-17)28-24-11-18(4-8-22(24)27(21)36-28)33-13-19-5-6-20(14-33)35-19/h3-4,7-11,19-20H,5-6,12-14H2,1-2H3,(H2,30,32)(H,31,34). The molecule has 2 saturated heterocycles. The predicted octanol–water partition coefficient (Wildman–Crippen LogP) is 5.07. The van der Waals surface area contributed by atoms with Crippen molar-refractivity contribution in [2.24, 2.45) is 0 Å². The van der Waals surface area contributed by atoms with E-state index in [1.165, 1.54) is 5.69 Å². The second-order valence-electron chi connectivity index (χ2n) is 10.2. The number of hydrogen-bond acceptors (Lipinski definition) is 6. The van der Waals surface area contributed by atoms with Crippen molar-refractivity contribution in [3.05, 3.63) is 64.8 Å². The van der Waals surface area contributed by atoms with Gasteiger partial charge in [0.25, 0.3) is 5.91 Å².